The van der Waals surface area contributed by atoms with Gasteiger partial charge in [0, 0.05) is 17.5 Å². The number of ether oxygens (including phenoxy) is 1. The van der Waals surface area contributed by atoms with Gasteiger partial charge in [-0.15, -0.1) is 0 Å². The van der Waals surface area contributed by atoms with E-state index in [1.54, 1.807) is 0 Å². The SMILES string of the molecule is CC.Cc1ccccc1C(NC(=O)C1CCN(CCOc2ccccc2)CC1)c1ccc(Cl)cc1. The Kier molecular flexibility index (Phi) is 10.6. The van der Waals surface area contributed by atoms with Gasteiger partial charge in [0.2, 0.25) is 5.91 Å². The van der Waals surface area contributed by atoms with Gasteiger partial charge >= 0.3 is 0 Å². The Morgan fingerprint density at radius 3 is 2.26 bits per heavy atom. The number of rotatable bonds is 8. The lowest BCUT2D eigenvalue weighted by Crippen LogP contribution is -2.42. The van der Waals surface area contributed by atoms with Crippen molar-refractivity contribution in [3.8, 4) is 5.75 Å². The largest absolute Gasteiger partial charge is 0.492 e. The van der Waals surface area contributed by atoms with Crippen LogP contribution in [0, 0.1) is 12.8 Å². The molecule has 186 valence electrons. The fourth-order valence-electron chi connectivity index (χ4n) is 4.39. The second kappa shape index (κ2) is 13.9. The molecule has 3 aromatic rings. The molecular weight excluding hydrogens is 456 g/mol. The molecule has 0 spiro atoms. The van der Waals surface area contributed by atoms with E-state index in [-0.39, 0.29) is 17.9 Å². The number of carbonyl (C=O) groups is 1. The maximum absolute atomic E-state index is 13.3. The number of likely N-dealkylation sites (tertiary alicyclic amines) is 1. The topological polar surface area (TPSA) is 41.6 Å². The number of nitrogens with one attached hydrogen (secondary N) is 1. The van der Waals surface area contributed by atoms with Crippen molar-refractivity contribution in [3.63, 3.8) is 0 Å². The minimum atomic E-state index is -0.187. The Labute approximate surface area is 215 Å². The molecule has 1 atom stereocenters. The third-order valence-corrected chi connectivity index (χ3v) is 6.62. The summed E-state index contributed by atoms with van der Waals surface area (Å²) in [5.74, 6) is 1.05. The lowest BCUT2D eigenvalue weighted by atomic mass is 9.92. The van der Waals surface area contributed by atoms with E-state index in [1.165, 1.54) is 0 Å². The van der Waals surface area contributed by atoms with Crippen molar-refractivity contribution < 1.29 is 9.53 Å². The first kappa shape index (κ1) is 26.8. The highest BCUT2D eigenvalue weighted by molar-refractivity contribution is 6.30. The van der Waals surface area contributed by atoms with Crippen LogP contribution >= 0.6 is 11.6 Å². The first-order chi connectivity index (χ1) is 17.1. The Morgan fingerprint density at radius 1 is 0.971 bits per heavy atom. The second-order valence-corrected chi connectivity index (χ2v) is 9.06. The summed E-state index contributed by atoms with van der Waals surface area (Å²) in [6.07, 6.45) is 1.72. The van der Waals surface area contributed by atoms with E-state index >= 15 is 0 Å². The Morgan fingerprint density at radius 2 is 1.60 bits per heavy atom. The monoisotopic (exact) mass is 492 g/mol. The molecule has 1 fully saturated rings. The third-order valence-electron chi connectivity index (χ3n) is 6.37. The molecule has 0 saturated carbocycles. The third kappa shape index (κ3) is 7.84. The van der Waals surface area contributed by atoms with Crippen LogP contribution in [0.5, 0.6) is 5.75 Å². The summed E-state index contributed by atoms with van der Waals surface area (Å²) >= 11 is 6.10. The van der Waals surface area contributed by atoms with E-state index in [4.69, 9.17) is 16.3 Å². The van der Waals surface area contributed by atoms with Crippen LogP contribution in [0.1, 0.15) is 49.4 Å². The molecule has 1 unspecified atom stereocenters. The van der Waals surface area contributed by atoms with Crippen molar-refractivity contribution in [2.75, 3.05) is 26.2 Å². The molecule has 0 bridgehead atoms. The molecule has 35 heavy (non-hydrogen) atoms. The van der Waals surface area contributed by atoms with Gasteiger partial charge in [-0.05, 0) is 73.8 Å². The summed E-state index contributed by atoms with van der Waals surface area (Å²) in [6.45, 7) is 9.44. The van der Waals surface area contributed by atoms with Crippen molar-refractivity contribution in [3.05, 3.63) is 101 Å². The van der Waals surface area contributed by atoms with Crippen molar-refractivity contribution in [2.45, 2.75) is 39.7 Å². The highest BCUT2D eigenvalue weighted by atomic mass is 35.5. The molecule has 3 aromatic carbocycles. The molecule has 4 rings (SSSR count). The maximum Gasteiger partial charge on any atom is 0.223 e. The fourth-order valence-corrected chi connectivity index (χ4v) is 4.52. The van der Waals surface area contributed by atoms with Gasteiger partial charge in [-0.25, -0.2) is 0 Å². The summed E-state index contributed by atoms with van der Waals surface area (Å²) in [5, 5.41) is 4.03. The van der Waals surface area contributed by atoms with Crippen LogP contribution in [0.25, 0.3) is 0 Å². The van der Waals surface area contributed by atoms with E-state index in [2.05, 4.69) is 29.3 Å². The minimum absolute atomic E-state index is 0.0233. The molecule has 1 aliphatic rings. The summed E-state index contributed by atoms with van der Waals surface area (Å²) in [6, 6.07) is 25.7. The number of halogens is 1. The number of hydrogen-bond acceptors (Lipinski definition) is 3. The molecule has 5 heteroatoms. The zero-order valence-electron chi connectivity index (χ0n) is 21.0. The highest BCUT2D eigenvalue weighted by Crippen LogP contribution is 2.28. The predicted octanol–water partition coefficient (Wildman–Crippen LogP) is 6.67. The zero-order valence-corrected chi connectivity index (χ0v) is 21.8. The molecular formula is C30H37ClN2O2. The molecule has 0 radical (unpaired) electrons. The number of nitrogens with zero attached hydrogens (tertiary/aromatic N) is 1. The number of para-hydroxylation sites is 1. The summed E-state index contributed by atoms with van der Waals surface area (Å²) in [7, 11) is 0. The van der Waals surface area contributed by atoms with Crippen molar-refractivity contribution in [1.82, 2.24) is 10.2 Å². The average Bonchev–Trinajstić information content (AvgIpc) is 2.90. The molecule has 4 nitrogen and oxygen atoms in total. The minimum Gasteiger partial charge on any atom is -0.492 e. The van der Waals surface area contributed by atoms with E-state index in [9.17, 15) is 4.79 Å². The smallest absolute Gasteiger partial charge is 0.223 e. The Bertz CT molecular complexity index is 1030. The van der Waals surface area contributed by atoms with Crippen LogP contribution < -0.4 is 10.1 Å². The van der Waals surface area contributed by atoms with Gasteiger partial charge in [-0.3, -0.25) is 9.69 Å². The average molecular weight is 493 g/mol. The number of piperidine rings is 1. The molecule has 0 aliphatic carbocycles. The zero-order chi connectivity index (χ0) is 25.0. The number of carbonyl (C=O) groups excluding carboxylic acids is 1. The number of hydrogen-bond donors (Lipinski definition) is 1. The summed E-state index contributed by atoms with van der Waals surface area (Å²) in [4.78, 5) is 15.6. The van der Waals surface area contributed by atoms with Crippen molar-refractivity contribution in [1.29, 1.82) is 0 Å². The lowest BCUT2D eigenvalue weighted by molar-refractivity contribution is -0.127. The van der Waals surface area contributed by atoms with Crippen molar-refractivity contribution in [2.24, 2.45) is 5.92 Å². The number of amides is 1. The standard InChI is InChI=1S/C28H31ClN2O2.C2H6/c1-21-7-5-6-10-26(21)27(22-11-13-24(29)14-12-22)30-28(32)23-15-17-31(18-16-23)19-20-33-25-8-3-2-4-9-25;1-2/h2-14,23,27H,15-20H2,1H3,(H,30,32);1-2H3. The van der Waals surface area contributed by atoms with Crippen LogP contribution in [0.15, 0.2) is 78.9 Å². The van der Waals surface area contributed by atoms with Gasteiger partial charge in [0.15, 0.2) is 0 Å². The van der Waals surface area contributed by atoms with Crippen LogP contribution in [-0.2, 0) is 4.79 Å². The van der Waals surface area contributed by atoms with Crippen molar-refractivity contribution >= 4 is 17.5 Å². The lowest BCUT2D eigenvalue weighted by Gasteiger charge is -2.32. The van der Waals surface area contributed by atoms with Gasteiger partial charge in [-0.2, -0.15) is 0 Å². The highest BCUT2D eigenvalue weighted by Gasteiger charge is 2.27. The molecule has 1 heterocycles. The van der Waals surface area contributed by atoms with Crippen LogP contribution in [-0.4, -0.2) is 37.0 Å². The molecule has 0 aromatic heterocycles. The first-order valence-corrected chi connectivity index (χ1v) is 13.0. The van der Waals surface area contributed by atoms with Gasteiger partial charge in [0.25, 0.3) is 0 Å². The van der Waals surface area contributed by atoms with Crippen LogP contribution in [0.3, 0.4) is 0 Å². The second-order valence-electron chi connectivity index (χ2n) is 8.63. The van der Waals surface area contributed by atoms with Gasteiger partial charge in [0.05, 0.1) is 6.04 Å². The predicted molar refractivity (Wildman–Crippen MR) is 145 cm³/mol. The first-order valence-electron chi connectivity index (χ1n) is 12.6. The van der Waals surface area contributed by atoms with Crippen LogP contribution in [0.2, 0.25) is 5.02 Å². The molecule has 1 saturated heterocycles. The van der Waals surface area contributed by atoms with Gasteiger partial charge in [-0.1, -0.05) is 80.0 Å². The number of aryl methyl sites for hydroxylation is 1. The Balaban J connectivity index is 0.00000167. The Hall–Kier alpha value is -2.82. The van der Waals surface area contributed by atoms with E-state index < -0.39 is 0 Å². The summed E-state index contributed by atoms with van der Waals surface area (Å²) < 4.78 is 5.82. The molecule has 1 aliphatic heterocycles. The van der Waals surface area contributed by atoms with E-state index in [1.807, 2.05) is 80.6 Å². The maximum atomic E-state index is 13.3. The fraction of sp³-hybridized carbons (Fsp3) is 0.367. The quantitative estimate of drug-likeness (QED) is 0.381. The normalized spacial score (nSPS) is 15.0. The van der Waals surface area contributed by atoms with Crippen LogP contribution in [0.4, 0.5) is 0 Å². The van der Waals surface area contributed by atoms with E-state index in [0.29, 0.717) is 11.6 Å². The van der Waals surface area contributed by atoms with Gasteiger partial charge in [0.1, 0.15) is 12.4 Å². The van der Waals surface area contributed by atoms with Gasteiger partial charge < -0.3 is 10.1 Å². The molecule has 1 amide bonds. The van der Waals surface area contributed by atoms with E-state index in [0.717, 1.165) is 54.9 Å². The molecule has 1 N–H and O–H groups in total. The summed E-state index contributed by atoms with van der Waals surface area (Å²) in [5.41, 5.74) is 3.31. The number of benzene rings is 3.